The maximum atomic E-state index is 13.4. The van der Waals surface area contributed by atoms with Crippen LogP contribution in [0.5, 0.6) is 0 Å². The fraction of sp³-hybridized carbons (Fsp3) is 0.417. The second-order valence-corrected chi connectivity index (χ2v) is 4.41. The van der Waals surface area contributed by atoms with E-state index in [0.29, 0.717) is 0 Å². The number of hydrogen-bond donors (Lipinski definition) is 0. The number of carbonyl (C=O) groups is 1. The Kier molecular flexibility index (Phi) is 3.43. The summed E-state index contributed by atoms with van der Waals surface area (Å²) in [6.45, 7) is 3.33. The lowest BCUT2D eigenvalue weighted by Gasteiger charge is -2.30. The molecule has 0 N–H and O–H groups in total. The van der Waals surface area contributed by atoms with Crippen LogP contribution in [0.2, 0.25) is 0 Å². The highest BCUT2D eigenvalue weighted by molar-refractivity contribution is 6.02. The van der Waals surface area contributed by atoms with Gasteiger partial charge in [-0.3, -0.25) is 9.69 Å². The maximum Gasteiger partial charge on any atom is 0.185 e. The molecule has 0 bridgehead atoms. The molecule has 0 amide bonds. The van der Waals surface area contributed by atoms with Crippen LogP contribution in [0.1, 0.15) is 24.2 Å². The third-order valence-corrected chi connectivity index (χ3v) is 2.85. The van der Waals surface area contributed by atoms with Crippen molar-refractivity contribution in [3.63, 3.8) is 0 Å². The zero-order valence-electron chi connectivity index (χ0n) is 9.84. The van der Waals surface area contributed by atoms with Crippen LogP contribution in [0.4, 0.5) is 8.78 Å². The number of rotatable bonds is 3. The predicted octanol–water partition coefficient (Wildman–Crippen LogP) is 2.49. The summed E-state index contributed by atoms with van der Waals surface area (Å²) in [5, 5.41) is 0. The smallest absolute Gasteiger partial charge is 0.185 e. The van der Waals surface area contributed by atoms with Gasteiger partial charge in [0.05, 0.1) is 11.1 Å². The van der Waals surface area contributed by atoms with Crippen molar-refractivity contribution in [1.82, 2.24) is 4.90 Å². The molecule has 0 fully saturated rings. The minimum Gasteiger partial charge on any atom is -0.297 e. The SMILES string of the molecule is CN(C)C(C)(C)C(=O)c1cc(F)ccc1F. The topological polar surface area (TPSA) is 20.3 Å². The molecule has 0 aliphatic carbocycles. The molecule has 0 radical (unpaired) electrons. The van der Waals surface area contributed by atoms with Crippen LogP contribution in [0.25, 0.3) is 0 Å². The fourth-order valence-corrected chi connectivity index (χ4v) is 1.20. The molecule has 0 saturated heterocycles. The highest BCUT2D eigenvalue weighted by Gasteiger charge is 2.32. The van der Waals surface area contributed by atoms with E-state index in [1.165, 1.54) is 0 Å². The highest BCUT2D eigenvalue weighted by Crippen LogP contribution is 2.20. The van der Waals surface area contributed by atoms with Crippen LogP contribution in [0.3, 0.4) is 0 Å². The summed E-state index contributed by atoms with van der Waals surface area (Å²) < 4.78 is 26.4. The summed E-state index contributed by atoms with van der Waals surface area (Å²) >= 11 is 0. The van der Waals surface area contributed by atoms with Gasteiger partial charge in [-0.1, -0.05) is 0 Å². The van der Waals surface area contributed by atoms with Crippen LogP contribution in [-0.4, -0.2) is 30.3 Å². The lowest BCUT2D eigenvalue weighted by atomic mass is 9.92. The Hall–Kier alpha value is -1.29. The summed E-state index contributed by atoms with van der Waals surface area (Å²) in [4.78, 5) is 13.7. The molecule has 4 heteroatoms. The quantitative estimate of drug-likeness (QED) is 0.739. The molecule has 1 rings (SSSR count). The summed E-state index contributed by atoms with van der Waals surface area (Å²) in [7, 11) is 3.43. The van der Waals surface area contributed by atoms with Gasteiger partial charge in [0.15, 0.2) is 5.78 Å². The van der Waals surface area contributed by atoms with Crippen LogP contribution in [0.15, 0.2) is 18.2 Å². The maximum absolute atomic E-state index is 13.4. The number of benzene rings is 1. The van der Waals surface area contributed by atoms with Gasteiger partial charge in [-0.15, -0.1) is 0 Å². The van der Waals surface area contributed by atoms with Crippen molar-refractivity contribution in [3.05, 3.63) is 35.4 Å². The average molecular weight is 227 g/mol. The minimum atomic E-state index is -0.866. The first-order valence-corrected chi connectivity index (χ1v) is 4.94. The predicted molar refractivity (Wildman–Crippen MR) is 58.5 cm³/mol. The molecular formula is C12H15F2NO. The summed E-state index contributed by atoms with van der Waals surface area (Å²) in [5.41, 5.74) is -1.08. The zero-order valence-corrected chi connectivity index (χ0v) is 9.84. The van der Waals surface area contributed by atoms with Crippen molar-refractivity contribution in [2.75, 3.05) is 14.1 Å². The molecule has 0 saturated carbocycles. The zero-order chi connectivity index (χ0) is 12.5. The second-order valence-electron chi connectivity index (χ2n) is 4.41. The van der Waals surface area contributed by atoms with Crippen LogP contribution in [0, 0.1) is 11.6 Å². The molecule has 0 heterocycles. The Bertz CT molecular complexity index is 413. The number of hydrogen-bond acceptors (Lipinski definition) is 2. The van der Waals surface area contributed by atoms with E-state index in [0.717, 1.165) is 18.2 Å². The van der Waals surface area contributed by atoms with Gasteiger partial charge >= 0.3 is 0 Å². The van der Waals surface area contributed by atoms with E-state index in [2.05, 4.69) is 0 Å². The highest BCUT2D eigenvalue weighted by atomic mass is 19.1. The Morgan fingerprint density at radius 2 is 1.81 bits per heavy atom. The first-order valence-electron chi connectivity index (χ1n) is 4.94. The van der Waals surface area contributed by atoms with Gasteiger partial charge in [-0.25, -0.2) is 8.78 Å². The van der Waals surface area contributed by atoms with Gasteiger partial charge in [-0.05, 0) is 46.1 Å². The summed E-state index contributed by atoms with van der Waals surface area (Å²) in [5.74, 6) is -1.74. The van der Waals surface area contributed by atoms with Crippen molar-refractivity contribution in [2.45, 2.75) is 19.4 Å². The molecule has 0 aliphatic rings. The van der Waals surface area contributed by atoms with Gasteiger partial charge < -0.3 is 0 Å². The molecule has 0 atom stereocenters. The monoisotopic (exact) mass is 227 g/mol. The fourth-order valence-electron chi connectivity index (χ4n) is 1.20. The van der Waals surface area contributed by atoms with Crippen LogP contribution >= 0.6 is 0 Å². The third kappa shape index (κ3) is 2.27. The van der Waals surface area contributed by atoms with Gasteiger partial charge in [0.1, 0.15) is 11.6 Å². The van der Waals surface area contributed by atoms with E-state index in [1.54, 1.807) is 32.8 Å². The van der Waals surface area contributed by atoms with Crippen LogP contribution in [-0.2, 0) is 0 Å². The van der Waals surface area contributed by atoms with E-state index in [9.17, 15) is 13.6 Å². The molecule has 88 valence electrons. The van der Waals surface area contributed by atoms with Crippen molar-refractivity contribution < 1.29 is 13.6 Å². The first kappa shape index (κ1) is 12.8. The van der Waals surface area contributed by atoms with Crippen LogP contribution < -0.4 is 0 Å². The molecule has 1 aromatic carbocycles. The van der Waals surface area contributed by atoms with Crippen molar-refractivity contribution in [1.29, 1.82) is 0 Å². The van der Waals surface area contributed by atoms with E-state index < -0.39 is 23.0 Å². The Labute approximate surface area is 93.9 Å². The molecule has 0 unspecified atom stereocenters. The minimum absolute atomic E-state index is 0.210. The van der Waals surface area contributed by atoms with E-state index in [-0.39, 0.29) is 5.56 Å². The summed E-state index contributed by atoms with van der Waals surface area (Å²) in [6, 6.07) is 2.89. The molecule has 1 aromatic rings. The van der Waals surface area contributed by atoms with Gasteiger partial charge in [-0.2, -0.15) is 0 Å². The van der Waals surface area contributed by atoms with Gasteiger partial charge in [0.2, 0.25) is 0 Å². The second kappa shape index (κ2) is 4.29. The lowest BCUT2D eigenvalue weighted by Crippen LogP contribution is -2.46. The average Bonchev–Trinajstić information content (AvgIpc) is 2.20. The third-order valence-electron chi connectivity index (χ3n) is 2.85. The molecular weight excluding hydrogens is 212 g/mol. The Morgan fingerprint density at radius 3 is 2.31 bits per heavy atom. The van der Waals surface area contributed by atoms with E-state index in [4.69, 9.17) is 0 Å². The molecule has 2 nitrogen and oxygen atoms in total. The van der Waals surface area contributed by atoms with E-state index >= 15 is 0 Å². The first-order chi connectivity index (χ1) is 7.26. The summed E-state index contributed by atoms with van der Waals surface area (Å²) in [6.07, 6.45) is 0. The number of likely N-dealkylation sites (N-methyl/N-ethyl adjacent to an activating group) is 1. The Morgan fingerprint density at radius 1 is 1.25 bits per heavy atom. The molecule has 0 aliphatic heterocycles. The van der Waals surface area contributed by atoms with Crippen molar-refractivity contribution in [3.8, 4) is 0 Å². The molecule has 16 heavy (non-hydrogen) atoms. The lowest BCUT2D eigenvalue weighted by molar-refractivity contribution is 0.0750. The number of nitrogens with zero attached hydrogens (tertiary/aromatic N) is 1. The van der Waals surface area contributed by atoms with Crippen molar-refractivity contribution >= 4 is 5.78 Å². The number of ketones is 1. The van der Waals surface area contributed by atoms with Gasteiger partial charge in [0, 0.05) is 0 Å². The largest absolute Gasteiger partial charge is 0.297 e. The normalized spacial score (nSPS) is 11.9. The van der Waals surface area contributed by atoms with E-state index in [1.807, 2.05) is 0 Å². The van der Waals surface area contributed by atoms with Gasteiger partial charge in [0.25, 0.3) is 0 Å². The number of Topliss-reactive ketones (excluding diaryl/α,β-unsaturated/α-hetero) is 1. The molecule has 0 spiro atoms. The Balaban J connectivity index is 3.19. The number of carbonyl (C=O) groups excluding carboxylic acids is 1. The number of halogens is 2. The van der Waals surface area contributed by atoms with Crippen molar-refractivity contribution in [2.24, 2.45) is 0 Å². The molecule has 0 aromatic heterocycles. The standard InChI is InChI=1S/C12H15F2NO/c1-12(2,15(3)4)11(16)9-7-8(13)5-6-10(9)14/h5-7H,1-4H3.